The zero-order chi connectivity index (χ0) is 26.3. The number of fused-ring (bicyclic) bond motifs is 2. The number of para-hydroxylation sites is 2. The number of halogens is 3. The number of hydrogen-bond donors (Lipinski definition) is 0. The van der Waals surface area contributed by atoms with Crippen LogP contribution in [0.3, 0.4) is 0 Å². The van der Waals surface area contributed by atoms with Crippen molar-refractivity contribution >= 4 is 28.0 Å². The maximum atomic E-state index is 13.5. The van der Waals surface area contributed by atoms with Gasteiger partial charge in [0.15, 0.2) is 5.82 Å². The summed E-state index contributed by atoms with van der Waals surface area (Å²) in [5, 5.41) is 5.83. The third-order valence-corrected chi connectivity index (χ3v) is 6.74. The van der Waals surface area contributed by atoms with Crippen molar-refractivity contribution in [2.45, 2.75) is 39.4 Å². The highest BCUT2D eigenvalue weighted by molar-refractivity contribution is 6.01. The Hall–Kier alpha value is -4.20. The fourth-order valence-electron chi connectivity index (χ4n) is 4.70. The Kier molecular flexibility index (Phi) is 6.19. The molecule has 37 heavy (non-hydrogen) atoms. The maximum Gasteiger partial charge on any atom is 0.416 e. The van der Waals surface area contributed by atoms with Gasteiger partial charge < -0.3 is 4.57 Å². The molecule has 0 amide bonds. The van der Waals surface area contributed by atoms with Crippen molar-refractivity contribution in [3.63, 3.8) is 0 Å². The molecule has 5 aromatic rings. The van der Waals surface area contributed by atoms with E-state index >= 15 is 0 Å². The predicted molar refractivity (Wildman–Crippen MR) is 141 cm³/mol. The second-order valence-corrected chi connectivity index (χ2v) is 9.04. The Morgan fingerprint density at radius 3 is 2.43 bits per heavy atom. The van der Waals surface area contributed by atoms with Gasteiger partial charge in [-0.15, -0.1) is 0 Å². The summed E-state index contributed by atoms with van der Waals surface area (Å²) < 4.78 is 43.7. The quantitative estimate of drug-likeness (QED) is 0.239. The molecule has 1 atom stereocenters. The van der Waals surface area contributed by atoms with E-state index in [1.54, 1.807) is 30.5 Å². The zero-order valence-corrected chi connectivity index (χ0v) is 20.6. The van der Waals surface area contributed by atoms with E-state index in [-0.39, 0.29) is 17.4 Å². The molecule has 2 heterocycles. The molecule has 0 aliphatic rings. The first kappa shape index (κ1) is 24.5. The summed E-state index contributed by atoms with van der Waals surface area (Å²) in [6.07, 6.45) is -1.99. The number of benzene rings is 3. The molecule has 5 nitrogen and oxygen atoms in total. The molecule has 8 heteroatoms. The summed E-state index contributed by atoms with van der Waals surface area (Å²) in [5.74, 6) is 0.0365. The molecule has 0 saturated carbocycles. The van der Waals surface area contributed by atoms with E-state index in [9.17, 15) is 18.0 Å². The van der Waals surface area contributed by atoms with Gasteiger partial charge in [-0.25, -0.2) is 4.98 Å². The molecule has 0 spiro atoms. The summed E-state index contributed by atoms with van der Waals surface area (Å²) in [6.45, 7) is 6.26. The summed E-state index contributed by atoms with van der Waals surface area (Å²) >= 11 is 0. The van der Waals surface area contributed by atoms with Crippen molar-refractivity contribution in [2.24, 2.45) is 5.10 Å². The molecule has 0 saturated heterocycles. The van der Waals surface area contributed by atoms with Gasteiger partial charge in [-0.05, 0) is 50.6 Å². The number of aromatic nitrogens is 3. The first-order chi connectivity index (χ1) is 17.7. The standard InChI is InChI=1S/C29H25F3N4O/c1-4-18(2)35-19(3)24(22-12-6-8-15-26(22)35)17-33-36-27(20-10-9-11-21(16-20)29(30,31)32)34-25-14-7-5-13-23(25)28(36)37/h5-18H,4H2,1-3H3/t18-/m1/s1. The van der Waals surface area contributed by atoms with Crippen LogP contribution in [-0.4, -0.2) is 20.4 Å². The lowest BCUT2D eigenvalue weighted by Gasteiger charge is -2.15. The lowest BCUT2D eigenvalue weighted by Crippen LogP contribution is -2.20. The number of alkyl halides is 3. The minimum Gasteiger partial charge on any atom is -0.341 e. The predicted octanol–water partition coefficient (Wildman–Crippen LogP) is 7.20. The molecule has 2 aromatic heterocycles. The van der Waals surface area contributed by atoms with Gasteiger partial charge in [-0.1, -0.05) is 49.4 Å². The molecular formula is C29H25F3N4O. The lowest BCUT2D eigenvalue weighted by molar-refractivity contribution is -0.137. The highest BCUT2D eigenvalue weighted by atomic mass is 19.4. The number of hydrogen-bond acceptors (Lipinski definition) is 3. The molecule has 0 aliphatic heterocycles. The van der Waals surface area contributed by atoms with E-state index in [0.29, 0.717) is 10.9 Å². The van der Waals surface area contributed by atoms with E-state index in [4.69, 9.17) is 0 Å². The Bertz CT molecular complexity index is 1710. The van der Waals surface area contributed by atoms with Gasteiger partial charge >= 0.3 is 6.18 Å². The molecule has 0 unspecified atom stereocenters. The highest BCUT2D eigenvalue weighted by Gasteiger charge is 2.31. The monoisotopic (exact) mass is 502 g/mol. The average Bonchev–Trinajstić information content (AvgIpc) is 3.18. The smallest absolute Gasteiger partial charge is 0.341 e. The lowest BCUT2D eigenvalue weighted by atomic mass is 10.1. The van der Waals surface area contributed by atoms with Gasteiger partial charge in [0, 0.05) is 33.8 Å². The van der Waals surface area contributed by atoms with Crippen LogP contribution in [0.2, 0.25) is 0 Å². The van der Waals surface area contributed by atoms with Gasteiger partial charge in [0.05, 0.1) is 22.7 Å². The van der Waals surface area contributed by atoms with Gasteiger partial charge in [0.1, 0.15) is 0 Å². The summed E-state index contributed by atoms with van der Waals surface area (Å²) in [7, 11) is 0. The largest absolute Gasteiger partial charge is 0.416 e. The minimum absolute atomic E-state index is 0.0365. The molecule has 0 aliphatic carbocycles. The third-order valence-electron chi connectivity index (χ3n) is 6.74. The second-order valence-electron chi connectivity index (χ2n) is 9.04. The summed E-state index contributed by atoms with van der Waals surface area (Å²) in [6, 6.07) is 19.7. The fraction of sp³-hybridized carbons (Fsp3) is 0.207. The highest BCUT2D eigenvalue weighted by Crippen LogP contribution is 2.32. The third kappa shape index (κ3) is 4.33. The van der Waals surface area contributed by atoms with Crippen LogP contribution in [0.15, 0.2) is 82.7 Å². The van der Waals surface area contributed by atoms with E-state index in [0.717, 1.165) is 45.4 Å². The Morgan fingerprint density at radius 1 is 1.00 bits per heavy atom. The first-order valence-electron chi connectivity index (χ1n) is 12.0. The second kappa shape index (κ2) is 9.35. The zero-order valence-electron chi connectivity index (χ0n) is 20.6. The van der Waals surface area contributed by atoms with Gasteiger partial charge in [-0.3, -0.25) is 4.79 Å². The first-order valence-corrected chi connectivity index (χ1v) is 12.0. The molecule has 0 N–H and O–H groups in total. The summed E-state index contributed by atoms with van der Waals surface area (Å²) in [5.41, 5.74) is 2.13. The molecule has 0 radical (unpaired) electrons. The van der Waals surface area contributed by atoms with Crippen LogP contribution in [-0.2, 0) is 6.18 Å². The van der Waals surface area contributed by atoms with Crippen molar-refractivity contribution in [2.75, 3.05) is 0 Å². The van der Waals surface area contributed by atoms with Crippen LogP contribution in [0.5, 0.6) is 0 Å². The van der Waals surface area contributed by atoms with E-state index < -0.39 is 17.3 Å². The van der Waals surface area contributed by atoms with Crippen molar-refractivity contribution < 1.29 is 13.2 Å². The minimum atomic E-state index is -4.53. The molecular weight excluding hydrogens is 477 g/mol. The summed E-state index contributed by atoms with van der Waals surface area (Å²) in [4.78, 5) is 18.1. The Labute approximate surface area is 211 Å². The molecule has 0 bridgehead atoms. The van der Waals surface area contributed by atoms with Crippen molar-refractivity contribution in [3.05, 3.63) is 100.0 Å². The van der Waals surface area contributed by atoms with Crippen LogP contribution < -0.4 is 5.56 Å². The van der Waals surface area contributed by atoms with Crippen LogP contribution in [0.1, 0.15) is 43.1 Å². The van der Waals surface area contributed by atoms with Crippen LogP contribution in [0.4, 0.5) is 13.2 Å². The molecule has 188 valence electrons. The van der Waals surface area contributed by atoms with Crippen molar-refractivity contribution in [1.29, 1.82) is 0 Å². The molecule has 0 fully saturated rings. The van der Waals surface area contributed by atoms with Crippen LogP contribution in [0.25, 0.3) is 33.2 Å². The molecule has 3 aromatic carbocycles. The van der Waals surface area contributed by atoms with Gasteiger partial charge in [-0.2, -0.15) is 22.9 Å². The number of rotatable bonds is 5. The fourth-order valence-corrected chi connectivity index (χ4v) is 4.70. The normalized spacial score (nSPS) is 13.1. The van der Waals surface area contributed by atoms with Gasteiger partial charge in [0.25, 0.3) is 5.56 Å². The van der Waals surface area contributed by atoms with Gasteiger partial charge in [0.2, 0.25) is 0 Å². The van der Waals surface area contributed by atoms with E-state index in [1.165, 1.54) is 12.1 Å². The number of nitrogens with zero attached hydrogens (tertiary/aromatic N) is 4. The maximum absolute atomic E-state index is 13.5. The topological polar surface area (TPSA) is 52.2 Å². The van der Waals surface area contributed by atoms with E-state index in [1.807, 2.05) is 31.2 Å². The van der Waals surface area contributed by atoms with Crippen molar-refractivity contribution in [3.8, 4) is 11.4 Å². The SMILES string of the molecule is CC[C@@H](C)n1c(C)c(C=Nn2c(-c3cccc(C(F)(F)F)c3)nc3ccccc3c2=O)c2ccccc21. The van der Waals surface area contributed by atoms with Crippen LogP contribution >= 0.6 is 0 Å². The van der Waals surface area contributed by atoms with Crippen LogP contribution in [0, 0.1) is 6.92 Å². The van der Waals surface area contributed by atoms with E-state index in [2.05, 4.69) is 28.5 Å². The van der Waals surface area contributed by atoms with Crippen molar-refractivity contribution in [1.82, 2.24) is 14.2 Å². The molecule has 5 rings (SSSR count). The average molecular weight is 503 g/mol. The Morgan fingerprint density at radius 2 is 1.70 bits per heavy atom. The Balaban J connectivity index is 1.75.